The van der Waals surface area contributed by atoms with Crippen molar-refractivity contribution in [1.29, 1.82) is 0 Å². The third-order valence-electron chi connectivity index (χ3n) is 4.52. The summed E-state index contributed by atoms with van der Waals surface area (Å²) in [7, 11) is 0. The molecule has 26 heavy (non-hydrogen) atoms. The van der Waals surface area contributed by atoms with Crippen molar-refractivity contribution >= 4 is 57.6 Å². The molecule has 1 N–H and O–H groups in total. The summed E-state index contributed by atoms with van der Waals surface area (Å²) in [6.07, 6.45) is 4.37. The third-order valence-corrected chi connectivity index (χ3v) is 6.28. The Labute approximate surface area is 167 Å². The Bertz CT molecular complexity index is 735. The van der Waals surface area contributed by atoms with E-state index < -0.39 is 5.25 Å². The molecule has 1 aliphatic carbocycles. The molecule has 1 saturated carbocycles. The summed E-state index contributed by atoms with van der Waals surface area (Å²) in [4.78, 5) is 31.6. The number of benzene rings is 1. The summed E-state index contributed by atoms with van der Waals surface area (Å²) in [5, 5.41) is 3.96. The fourth-order valence-corrected chi connectivity index (χ4v) is 4.92. The highest BCUT2D eigenvalue weighted by Gasteiger charge is 2.43. The predicted molar refractivity (Wildman–Crippen MR) is 108 cm³/mol. The van der Waals surface area contributed by atoms with E-state index >= 15 is 0 Å². The van der Waals surface area contributed by atoms with E-state index in [1.54, 1.807) is 18.2 Å². The molecule has 1 atom stereocenters. The van der Waals surface area contributed by atoms with E-state index in [2.05, 4.69) is 10.3 Å². The largest absolute Gasteiger partial charge is 0.325 e. The van der Waals surface area contributed by atoms with Gasteiger partial charge in [-0.3, -0.25) is 19.5 Å². The summed E-state index contributed by atoms with van der Waals surface area (Å²) < 4.78 is 0. The highest BCUT2D eigenvalue weighted by atomic mass is 35.5. The lowest BCUT2D eigenvalue weighted by atomic mass is 10.2. The van der Waals surface area contributed by atoms with Crippen molar-refractivity contribution in [3.63, 3.8) is 0 Å². The number of amides is 2. The SMILES string of the molecule is CCN=C1S[C@H](CC(=O)Nc2cc(Cl)ccc2Cl)C(=O)N1C1CCCC1. The number of hydrogen-bond acceptors (Lipinski definition) is 4. The fraction of sp³-hybridized carbons (Fsp3) is 0.500. The minimum absolute atomic E-state index is 0.0126. The van der Waals surface area contributed by atoms with E-state index in [1.165, 1.54) is 11.8 Å². The van der Waals surface area contributed by atoms with Crippen molar-refractivity contribution in [2.45, 2.75) is 50.3 Å². The molecule has 1 aromatic carbocycles. The van der Waals surface area contributed by atoms with Crippen molar-refractivity contribution in [3.05, 3.63) is 28.2 Å². The highest BCUT2D eigenvalue weighted by molar-refractivity contribution is 8.15. The third kappa shape index (κ3) is 4.35. The van der Waals surface area contributed by atoms with Gasteiger partial charge in [0.1, 0.15) is 5.25 Å². The number of carbonyl (C=O) groups excluding carboxylic acids is 2. The van der Waals surface area contributed by atoms with Gasteiger partial charge in [0.05, 0.1) is 10.7 Å². The molecule has 8 heteroatoms. The number of halogens is 2. The molecule has 5 nitrogen and oxygen atoms in total. The zero-order chi connectivity index (χ0) is 18.7. The summed E-state index contributed by atoms with van der Waals surface area (Å²) in [6.45, 7) is 2.57. The van der Waals surface area contributed by atoms with E-state index in [0.29, 0.717) is 22.3 Å². The Hall–Kier alpha value is -1.24. The van der Waals surface area contributed by atoms with Crippen molar-refractivity contribution in [2.75, 3.05) is 11.9 Å². The zero-order valence-electron chi connectivity index (χ0n) is 14.5. The quantitative estimate of drug-likeness (QED) is 0.767. The molecule has 0 bridgehead atoms. The van der Waals surface area contributed by atoms with Crippen molar-refractivity contribution in [2.24, 2.45) is 4.99 Å². The number of carbonyl (C=O) groups is 2. The van der Waals surface area contributed by atoms with Crippen molar-refractivity contribution < 1.29 is 9.59 Å². The first-order valence-corrected chi connectivity index (χ1v) is 10.4. The van der Waals surface area contributed by atoms with Gasteiger partial charge in [-0.25, -0.2) is 0 Å². The van der Waals surface area contributed by atoms with E-state index in [-0.39, 0.29) is 24.3 Å². The fourth-order valence-electron chi connectivity index (χ4n) is 3.32. The maximum absolute atomic E-state index is 12.9. The first-order valence-electron chi connectivity index (χ1n) is 8.78. The van der Waals surface area contributed by atoms with Gasteiger partial charge >= 0.3 is 0 Å². The van der Waals surface area contributed by atoms with Crippen LogP contribution in [0.5, 0.6) is 0 Å². The van der Waals surface area contributed by atoms with Crippen LogP contribution >= 0.6 is 35.0 Å². The first-order chi connectivity index (χ1) is 12.5. The Kier molecular flexibility index (Phi) is 6.48. The van der Waals surface area contributed by atoms with Crippen LogP contribution in [0.1, 0.15) is 39.0 Å². The van der Waals surface area contributed by atoms with Crippen LogP contribution in [0.3, 0.4) is 0 Å². The van der Waals surface area contributed by atoms with Crippen molar-refractivity contribution in [3.8, 4) is 0 Å². The van der Waals surface area contributed by atoms with Crippen LogP contribution in [0, 0.1) is 0 Å². The Morgan fingerprint density at radius 1 is 1.35 bits per heavy atom. The molecule has 3 rings (SSSR count). The number of thioether (sulfide) groups is 1. The second-order valence-corrected chi connectivity index (χ2v) is 8.40. The molecule has 2 fully saturated rings. The van der Waals surface area contributed by atoms with Gasteiger partial charge in [0.15, 0.2) is 5.17 Å². The maximum Gasteiger partial charge on any atom is 0.242 e. The molecule has 2 amide bonds. The average molecular weight is 414 g/mol. The van der Waals surface area contributed by atoms with Gasteiger partial charge in [-0.05, 0) is 38.0 Å². The zero-order valence-corrected chi connectivity index (χ0v) is 16.8. The van der Waals surface area contributed by atoms with Gasteiger partial charge < -0.3 is 5.32 Å². The van der Waals surface area contributed by atoms with Crippen LogP contribution in [0.25, 0.3) is 0 Å². The lowest BCUT2D eigenvalue weighted by molar-refractivity contribution is -0.129. The Morgan fingerprint density at radius 2 is 2.08 bits per heavy atom. The lowest BCUT2D eigenvalue weighted by Gasteiger charge is -2.23. The summed E-state index contributed by atoms with van der Waals surface area (Å²) >= 11 is 13.4. The van der Waals surface area contributed by atoms with Gasteiger partial charge in [-0.2, -0.15) is 0 Å². The normalized spacial score (nSPS) is 22.4. The van der Waals surface area contributed by atoms with Crippen LogP contribution < -0.4 is 5.32 Å². The molecular formula is C18H21Cl2N3O2S. The van der Waals surface area contributed by atoms with Gasteiger partial charge in [0.2, 0.25) is 11.8 Å². The molecule has 140 valence electrons. The van der Waals surface area contributed by atoms with Crippen LogP contribution in [-0.2, 0) is 9.59 Å². The number of nitrogens with zero attached hydrogens (tertiary/aromatic N) is 2. The maximum atomic E-state index is 12.9. The molecule has 1 aliphatic heterocycles. The molecule has 0 spiro atoms. The predicted octanol–water partition coefficient (Wildman–Crippen LogP) is 4.58. The molecule has 0 radical (unpaired) electrons. The smallest absolute Gasteiger partial charge is 0.242 e. The molecule has 0 aromatic heterocycles. The first kappa shape index (κ1) is 19.5. The van der Waals surface area contributed by atoms with E-state index in [4.69, 9.17) is 23.2 Å². The number of hydrogen-bond donors (Lipinski definition) is 1. The van der Waals surface area contributed by atoms with Gasteiger partial charge in [0.25, 0.3) is 0 Å². The highest BCUT2D eigenvalue weighted by Crippen LogP contribution is 2.36. The minimum Gasteiger partial charge on any atom is -0.325 e. The van der Waals surface area contributed by atoms with Gasteiger partial charge in [-0.1, -0.05) is 47.8 Å². The Morgan fingerprint density at radius 3 is 2.77 bits per heavy atom. The lowest BCUT2D eigenvalue weighted by Crippen LogP contribution is -2.40. The summed E-state index contributed by atoms with van der Waals surface area (Å²) in [6, 6.07) is 5.10. The minimum atomic E-state index is -0.446. The number of rotatable bonds is 5. The summed E-state index contributed by atoms with van der Waals surface area (Å²) in [5.74, 6) is -0.273. The second kappa shape index (κ2) is 8.63. The van der Waals surface area contributed by atoms with Crippen LogP contribution in [0.2, 0.25) is 10.0 Å². The van der Waals surface area contributed by atoms with E-state index in [9.17, 15) is 9.59 Å². The van der Waals surface area contributed by atoms with Crippen LogP contribution in [-0.4, -0.2) is 39.7 Å². The van der Waals surface area contributed by atoms with E-state index in [0.717, 1.165) is 30.9 Å². The number of aliphatic imine (C=N–C) groups is 1. The average Bonchev–Trinajstić information content (AvgIpc) is 3.20. The topological polar surface area (TPSA) is 61.8 Å². The summed E-state index contributed by atoms with van der Waals surface area (Å²) in [5.41, 5.74) is 0.453. The van der Waals surface area contributed by atoms with Gasteiger partial charge in [-0.15, -0.1) is 0 Å². The molecule has 1 heterocycles. The van der Waals surface area contributed by atoms with Crippen LogP contribution in [0.15, 0.2) is 23.2 Å². The van der Waals surface area contributed by atoms with Crippen LogP contribution in [0.4, 0.5) is 5.69 Å². The second-order valence-electron chi connectivity index (χ2n) is 6.39. The standard InChI is InChI=1S/C18H21Cl2N3O2S/c1-2-21-18-23(12-5-3-4-6-12)17(25)15(26-18)10-16(24)22-14-9-11(19)7-8-13(14)20/h7-9,12,15H,2-6,10H2,1H3,(H,22,24)/t15-/m1/s1. The number of nitrogens with one attached hydrogen (secondary N) is 1. The monoisotopic (exact) mass is 413 g/mol. The molecule has 0 unspecified atom stereocenters. The molecular weight excluding hydrogens is 393 g/mol. The number of anilines is 1. The number of amidine groups is 1. The Balaban J connectivity index is 1.69. The van der Waals surface area contributed by atoms with Gasteiger partial charge in [0, 0.05) is 24.0 Å². The molecule has 2 aliphatic rings. The van der Waals surface area contributed by atoms with E-state index in [1.807, 2.05) is 11.8 Å². The van der Waals surface area contributed by atoms with Crippen molar-refractivity contribution in [1.82, 2.24) is 4.90 Å². The molecule has 1 aromatic rings. The molecule has 1 saturated heterocycles.